The molecular weight excluding hydrogens is 314 g/mol. The van der Waals surface area contributed by atoms with Crippen LogP contribution in [-0.4, -0.2) is 19.0 Å². The molecule has 0 saturated heterocycles. The van der Waals surface area contributed by atoms with Gasteiger partial charge >= 0.3 is 0 Å². The Morgan fingerprint density at radius 3 is 2.94 bits per heavy atom. The standard InChI is InChI=1S/C8H6BrN3O2S2/c9-6-3-1-2-5(4-6)7-10-11-8(15-7)12-16(13)14/h1-4H,(H,11,12)(H,13,14). The van der Waals surface area contributed by atoms with Gasteiger partial charge in [-0.05, 0) is 12.1 Å². The second kappa shape index (κ2) is 5.00. The molecule has 1 aromatic carbocycles. The van der Waals surface area contributed by atoms with Gasteiger partial charge in [0.1, 0.15) is 5.01 Å². The van der Waals surface area contributed by atoms with Crippen molar-refractivity contribution >= 4 is 43.7 Å². The van der Waals surface area contributed by atoms with Crippen molar-refractivity contribution in [1.29, 1.82) is 0 Å². The first-order chi connectivity index (χ1) is 7.65. The first kappa shape index (κ1) is 11.6. The van der Waals surface area contributed by atoms with Crippen LogP contribution in [0.5, 0.6) is 0 Å². The third-order valence-corrected chi connectivity index (χ3v) is 3.55. The fourth-order valence-corrected chi connectivity index (χ4v) is 2.64. The number of benzene rings is 1. The maximum atomic E-state index is 10.5. The number of anilines is 1. The van der Waals surface area contributed by atoms with E-state index in [0.717, 1.165) is 10.0 Å². The normalized spacial score (nSPS) is 12.4. The quantitative estimate of drug-likeness (QED) is 0.852. The van der Waals surface area contributed by atoms with Gasteiger partial charge in [0.05, 0.1) is 0 Å². The largest absolute Gasteiger partial charge is 0.289 e. The predicted octanol–water partition coefficient (Wildman–Crippen LogP) is 2.52. The Morgan fingerprint density at radius 1 is 1.44 bits per heavy atom. The lowest BCUT2D eigenvalue weighted by Crippen LogP contribution is -2.00. The smallest absolute Gasteiger partial charge is 0.261 e. The van der Waals surface area contributed by atoms with E-state index in [4.69, 9.17) is 4.55 Å². The number of nitrogens with one attached hydrogen (secondary N) is 1. The van der Waals surface area contributed by atoms with Gasteiger partial charge in [0.15, 0.2) is 0 Å². The fraction of sp³-hybridized carbons (Fsp3) is 0. The lowest BCUT2D eigenvalue weighted by Gasteiger charge is -1.95. The zero-order valence-electron chi connectivity index (χ0n) is 7.75. The van der Waals surface area contributed by atoms with Crippen LogP contribution in [0.2, 0.25) is 0 Å². The molecule has 0 aliphatic heterocycles. The zero-order valence-corrected chi connectivity index (χ0v) is 11.0. The third kappa shape index (κ3) is 2.85. The molecule has 2 N–H and O–H groups in total. The maximum Gasteiger partial charge on any atom is 0.261 e. The summed E-state index contributed by atoms with van der Waals surface area (Å²) in [6, 6.07) is 7.59. The highest BCUT2D eigenvalue weighted by molar-refractivity contribution is 9.10. The van der Waals surface area contributed by atoms with Crippen molar-refractivity contribution in [3.8, 4) is 10.6 Å². The van der Waals surface area contributed by atoms with Crippen LogP contribution in [0.15, 0.2) is 28.7 Å². The minimum Gasteiger partial charge on any atom is -0.289 e. The zero-order chi connectivity index (χ0) is 11.5. The second-order valence-corrected chi connectivity index (χ2v) is 5.37. The van der Waals surface area contributed by atoms with Crippen molar-refractivity contribution in [3.05, 3.63) is 28.7 Å². The van der Waals surface area contributed by atoms with Crippen LogP contribution >= 0.6 is 27.3 Å². The van der Waals surface area contributed by atoms with E-state index < -0.39 is 11.3 Å². The molecule has 1 atom stereocenters. The van der Waals surface area contributed by atoms with Crippen molar-refractivity contribution in [2.45, 2.75) is 0 Å². The van der Waals surface area contributed by atoms with E-state index in [9.17, 15) is 4.21 Å². The molecule has 0 saturated carbocycles. The molecule has 1 heterocycles. The summed E-state index contributed by atoms with van der Waals surface area (Å²) in [6.45, 7) is 0. The van der Waals surface area contributed by atoms with Gasteiger partial charge in [-0.2, -0.15) is 0 Å². The Kier molecular flexibility index (Phi) is 3.64. The number of aromatic nitrogens is 2. The molecule has 0 fully saturated rings. The van der Waals surface area contributed by atoms with Gasteiger partial charge < -0.3 is 0 Å². The molecule has 16 heavy (non-hydrogen) atoms. The van der Waals surface area contributed by atoms with Gasteiger partial charge in [-0.1, -0.05) is 39.4 Å². The van der Waals surface area contributed by atoms with E-state index in [1.54, 1.807) is 0 Å². The highest BCUT2D eigenvalue weighted by Crippen LogP contribution is 2.28. The first-order valence-corrected chi connectivity index (χ1v) is 6.84. The van der Waals surface area contributed by atoms with Gasteiger partial charge in [0.2, 0.25) is 5.13 Å². The summed E-state index contributed by atoms with van der Waals surface area (Å²) in [5.41, 5.74) is 0.906. The number of halogens is 1. The molecule has 84 valence electrons. The predicted molar refractivity (Wildman–Crippen MR) is 67.4 cm³/mol. The first-order valence-electron chi connectivity index (χ1n) is 4.12. The van der Waals surface area contributed by atoms with Crippen molar-refractivity contribution in [2.75, 3.05) is 4.72 Å². The molecule has 0 radical (unpaired) electrons. The Morgan fingerprint density at radius 2 is 2.25 bits per heavy atom. The summed E-state index contributed by atoms with van der Waals surface area (Å²) in [5.74, 6) is 0. The van der Waals surface area contributed by atoms with E-state index in [0.29, 0.717) is 10.1 Å². The van der Waals surface area contributed by atoms with Gasteiger partial charge in [0.25, 0.3) is 11.3 Å². The minimum absolute atomic E-state index is 0.316. The van der Waals surface area contributed by atoms with Crippen LogP contribution in [0.1, 0.15) is 0 Å². The number of hydrogen-bond acceptors (Lipinski definition) is 4. The Labute approximate surface area is 106 Å². The van der Waals surface area contributed by atoms with E-state index in [2.05, 4.69) is 30.8 Å². The van der Waals surface area contributed by atoms with Crippen LogP contribution in [0.25, 0.3) is 10.6 Å². The van der Waals surface area contributed by atoms with Gasteiger partial charge in [-0.25, -0.2) is 4.21 Å². The number of nitrogens with zero attached hydrogens (tertiary/aromatic N) is 2. The average Bonchev–Trinajstić information content (AvgIpc) is 2.65. The van der Waals surface area contributed by atoms with Gasteiger partial charge in [-0.15, -0.1) is 10.2 Å². The molecule has 0 aliphatic rings. The summed E-state index contributed by atoms with van der Waals surface area (Å²) < 4.78 is 22.3. The topological polar surface area (TPSA) is 75.1 Å². The number of rotatable bonds is 3. The van der Waals surface area contributed by atoms with Crippen molar-refractivity contribution in [3.63, 3.8) is 0 Å². The summed E-state index contributed by atoms with van der Waals surface area (Å²) in [6.07, 6.45) is 0. The summed E-state index contributed by atoms with van der Waals surface area (Å²) in [5, 5.41) is 8.68. The van der Waals surface area contributed by atoms with Crippen LogP contribution in [0.3, 0.4) is 0 Å². The molecule has 0 amide bonds. The van der Waals surface area contributed by atoms with E-state index in [-0.39, 0.29) is 0 Å². The minimum atomic E-state index is -2.12. The van der Waals surface area contributed by atoms with E-state index >= 15 is 0 Å². The van der Waals surface area contributed by atoms with E-state index in [1.807, 2.05) is 24.3 Å². The van der Waals surface area contributed by atoms with Gasteiger partial charge in [-0.3, -0.25) is 9.27 Å². The Hall–Kier alpha value is -0.830. The van der Waals surface area contributed by atoms with Gasteiger partial charge in [0, 0.05) is 10.0 Å². The molecule has 5 nitrogen and oxygen atoms in total. The molecule has 2 rings (SSSR count). The highest BCUT2D eigenvalue weighted by Gasteiger charge is 2.07. The lowest BCUT2D eigenvalue weighted by atomic mass is 10.2. The summed E-state index contributed by atoms with van der Waals surface area (Å²) in [4.78, 5) is 0. The fourth-order valence-electron chi connectivity index (χ4n) is 1.08. The van der Waals surface area contributed by atoms with E-state index in [1.165, 1.54) is 11.3 Å². The molecule has 8 heteroatoms. The molecule has 0 spiro atoms. The lowest BCUT2D eigenvalue weighted by molar-refractivity contribution is 0.570. The van der Waals surface area contributed by atoms with Crippen molar-refractivity contribution < 1.29 is 8.76 Å². The van der Waals surface area contributed by atoms with Crippen molar-refractivity contribution in [1.82, 2.24) is 10.2 Å². The third-order valence-electron chi connectivity index (χ3n) is 1.67. The Bertz CT molecular complexity index is 532. The van der Waals surface area contributed by atoms with Crippen LogP contribution in [0.4, 0.5) is 5.13 Å². The molecule has 0 aliphatic carbocycles. The Balaban J connectivity index is 2.28. The second-order valence-electron chi connectivity index (χ2n) is 2.77. The number of hydrogen-bond donors (Lipinski definition) is 2. The van der Waals surface area contributed by atoms with Crippen molar-refractivity contribution in [2.24, 2.45) is 0 Å². The summed E-state index contributed by atoms with van der Waals surface area (Å²) in [7, 11) is 0. The summed E-state index contributed by atoms with van der Waals surface area (Å²) >= 11 is 2.46. The molecule has 1 unspecified atom stereocenters. The average molecular weight is 320 g/mol. The molecule has 2 aromatic rings. The maximum absolute atomic E-state index is 10.5. The molecule has 1 aromatic heterocycles. The monoisotopic (exact) mass is 319 g/mol. The molecule has 0 bridgehead atoms. The molecular formula is C8H6BrN3O2S2. The van der Waals surface area contributed by atoms with Crippen LogP contribution in [-0.2, 0) is 11.3 Å². The van der Waals surface area contributed by atoms with Crippen LogP contribution < -0.4 is 4.72 Å². The highest BCUT2D eigenvalue weighted by atomic mass is 79.9. The SMILES string of the molecule is O=S(O)Nc1nnc(-c2cccc(Br)c2)s1. The van der Waals surface area contributed by atoms with Crippen LogP contribution in [0, 0.1) is 0 Å².